The Balaban J connectivity index is 4.31. The topological polar surface area (TPSA) is 61.5 Å². The first-order valence-corrected chi connectivity index (χ1v) is 9.03. The number of carbonyl (C=O) groups excluding carboxylic acids is 1. The van der Waals surface area contributed by atoms with Gasteiger partial charge in [-0.3, -0.25) is 4.79 Å². The van der Waals surface area contributed by atoms with Crippen molar-refractivity contribution in [1.82, 2.24) is 0 Å². The molecule has 0 spiro atoms. The third-order valence-electron chi connectivity index (χ3n) is 4.10. The van der Waals surface area contributed by atoms with E-state index in [1.54, 1.807) is 0 Å². The minimum atomic E-state index is -0.733. The average molecular weight is 330 g/mol. The van der Waals surface area contributed by atoms with Gasteiger partial charge in [0.05, 0.1) is 17.8 Å². The summed E-state index contributed by atoms with van der Waals surface area (Å²) in [6, 6.07) is 0. The maximum atomic E-state index is 12.2. The SMILES string of the molecule is CCCC(C)(C)OC(C)(C)CCOC(C)(C)C(=O)CCCCN. The number of hydrogen-bond donors (Lipinski definition) is 1. The van der Waals surface area contributed by atoms with Crippen LogP contribution in [0, 0.1) is 0 Å². The van der Waals surface area contributed by atoms with Crippen molar-refractivity contribution < 1.29 is 14.3 Å². The summed E-state index contributed by atoms with van der Waals surface area (Å²) in [6.07, 6.45) is 5.15. The highest BCUT2D eigenvalue weighted by Crippen LogP contribution is 2.27. The first-order chi connectivity index (χ1) is 10.5. The van der Waals surface area contributed by atoms with Crippen LogP contribution in [-0.2, 0) is 14.3 Å². The Bertz CT molecular complexity index is 349. The second-order valence-corrected chi connectivity index (χ2v) is 8.15. The number of ketones is 1. The van der Waals surface area contributed by atoms with Crippen LogP contribution in [0.15, 0.2) is 0 Å². The second kappa shape index (κ2) is 9.75. The Kier molecular flexibility index (Phi) is 9.56. The Labute approximate surface area is 143 Å². The van der Waals surface area contributed by atoms with E-state index in [9.17, 15) is 4.79 Å². The Morgan fingerprint density at radius 3 is 2.04 bits per heavy atom. The van der Waals surface area contributed by atoms with E-state index in [-0.39, 0.29) is 17.0 Å². The minimum absolute atomic E-state index is 0.133. The minimum Gasteiger partial charge on any atom is -0.370 e. The summed E-state index contributed by atoms with van der Waals surface area (Å²) >= 11 is 0. The van der Waals surface area contributed by atoms with Crippen molar-refractivity contribution >= 4 is 5.78 Å². The van der Waals surface area contributed by atoms with E-state index < -0.39 is 5.60 Å². The molecule has 0 atom stereocenters. The molecule has 0 saturated heterocycles. The summed E-state index contributed by atoms with van der Waals surface area (Å²) in [7, 11) is 0. The van der Waals surface area contributed by atoms with Crippen LogP contribution < -0.4 is 5.73 Å². The second-order valence-electron chi connectivity index (χ2n) is 8.15. The molecule has 0 unspecified atom stereocenters. The standard InChI is InChI=1S/C19H39NO3/c1-8-12-17(2,3)23-18(4,5)13-15-22-19(6,7)16(21)11-9-10-14-20/h8-15,20H2,1-7H3. The van der Waals surface area contributed by atoms with Gasteiger partial charge in [-0.1, -0.05) is 13.3 Å². The predicted octanol–water partition coefficient (Wildman–Crippen LogP) is 4.24. The molecule has 0 bridgehead atoms. The zero-order chi connectivity index (χ0) is 18.1. The van der Waals surface area contributed by atoms with E-state index in [0.717, 1.165) is 32.1 Å². The predicted molar refractivity (Wildman–Crippen MR) is 96.7 cm³/mol. The van der Waals surface area contributed by atoms with Gasteiger partial charge in [-0.05, 0) is 73.8 Å². The molecule has 0 aliphatic carbocycles. The normalized spacial score (nSPS) is 13.4. The van der Waals surface area contributed by atoms with Gasteiger partial charge in [0.2, 0.25) is 0 Å². The molecule has 23 heavy (non-hydrogen) atoms. The molecule has 4 heteroatoms. The Morgan fingerprint density at radius 2 is 1.52 bits per heavy atom. The van der Waals surface area contributed by atoms with Crippen LogP contribution in [0.5, 0.6) is 0 Å². The van der Waals surface area contributed by atoms with Gasteiger partial charge in [0.15, 0.2) is 5.78 Å². The molecule has 0 aliphatic rings. The largest absolute Gasteiger partial charge is 0.370 e. The molecule has 0 aromatic heterocycles. The monoisotopic (exact) mass is 329 g/mol. The lowest BCUT2D eigenvalue weighted by Gasteiger charge is -2.37. The van der Waals surface area contributed by atoms with Gasteiger partial charge in [-0.15, -0.1) is 0 Å². The van der Waals surface area contributed by atoms with E-state index in [4.69, 9.17) is 15.2 Å². The van der Waals surface area contributed by atoms with Crippen LogP contribution in [0.1, 0.15) is 87.0 Å². The molecule has 0 saturated carbocycles. The van der Waals surface area contributed by atoms with Crippen LogP contribution in [-0.4, -0.2) is 35.7 Å². The fourth-order valence-corrected chi connectivity index (χ4v) is 2.82. The first-order valence-electron chi connectivity index (χ1n) is 9.03. The van der Waals surface area contributed by atoms with Gasteiger partial charge < -0.3 is 15.2 Å². The number of carbonyl (C=O) groups is 1. The molecular weight excluding hydrogens is 290 g/mol. The lowest BCUT2D eigenvalue weighted by Crippen LogP contribution is -2.40. The van der Waals surface area contributed by atoms with Crippen molar-refractivity contribution in [2.24, 2.45) is 5.73 Å². The summed E-state index contributed by atoms with van der Waals surface area (Å²) in [5, 5.41) is 0. The van der Waals surface area contributed by atoms with Crippen molar-refractivity contribution in [1.29, 1.82) is 0 Å². The number of Topliss-reactive ketones (excluding diaryl/α,β-unsaturated/α-hetero) is 1. The van der Waals surface area contributed by atoms with Gasteiger partial charge in [-0.25, -0.2) is 0 Å². The Morgan fingerprint density at radius 1 is 0.957 bits per heavy atom. The van der Waals surface area contributed by atoms with Gasteiger partial charge >= 0.3 is 0 Å². The number of unbranched alkanes of at least 4 members (excludes halogenated alkanes) is 1. The fourth-order valence-electron chi connectivity index (χ4n) is 2.82. The first kappa shape index (κ1) is 22.6. The van der Waals surface area contributed by atoms with Crippen LogP contribution in [0.4, 0.5) is 0 Å². The smallest absolute Gasteiger partial charge is 0.164 e. The van der Waals surface area contributed by atoms with Crippen LogP contribution >= 0.6 is 0 Å². The molecule has 0 amide bonds. The molecule has 0 radical (unpaired) electrons. The van der Waals surface area contributed by atoms with Gasteiger partial charge in [0, 0.05) is 6.42 Å². The summed E-state index contributed by atoms with van der Waals surface area (Å²) in [5.74, 6) is 0.149. The maximum Gasteiger partial charge on any atom is 0.164 e. The van der Waals surface area contributed by atoms with E-state index in [1.165, 1.54) is 0 Å². The fraction of sp³-hybridized carbons (Fsp3) is 0.947. The number of ether oxygens (including phenoxy) is 2. The molecule has 0 fully saturated rings. The van der Waals surface area contributed by atoms with Crippen molar-refractivity contribution in [2.75, 3.05) is 13.2 Å². The summed E-state index contributed by atoms with van der Waals surface area (Å²) in [6.45, 7) is 15.5. The highest BCUT2D eigenvalue weighted by atomic mass is 16.5. The highest BCUT2D eigenvalue weighted by molar-refractivity contribution is 5.86. The van der Waals surface area contributed by atoms with Crippen molar-refractivity contribution in [3.05, 3.63) is 0 Å². The summed E-state index contributed by atoms with van der Waals surface area (Å²) < 4.78 is 12.1. The van der Waals surface area contributed by atoms with E-state index >= 15 is 0 Å². The zero-order valence-corrected chi connectivity index (χ0v) is 16.5. The van der Waals surface area contributed by atoms with Gasteiger partial charge in [-0.2, -0.15) is 0 Å². The van der Waals surface area contributed by atoms with Crippen LogP contribution in [0.3, 0.4) is 0 Å². The molecule has 0 aromatic rings. The molecule has 0 heterocycles. The van der Waals surface area contributed by atoms with Crippen LogP contribution in [0.25, 0.3) is 0 Å². The zero-order valence-electron chi connectivity index (χ0n) is 16.5. The quantitative estimate of drug-likeness (QED) is 0.513. The molecule has 0 aliphatic heterocycles. The summed E-state index contributed by atoms with van der Waals surface area (Å²) in [5.41, 5.74) is 4.34. The van der Waals surface area contributed by atoms with E-state index in [2.05, 4.69) is 34.6 Å². The number of nitrogens with two attached hydrogens (primary N) is 1. The van der Waals surface area contributed by atoms with E-state index in [1.807, 2.05) is 13.8 Å². The van der Waals surface area contributed by atoms with Crippen molar-refractivity contribution in [3.63, 3.8) is 0 Å². The Hall–Kier alpha value is -0.450. The number of hydrogen-bond acceptors (Lipinski definition) is 4. The lowest BCUT2D eigenvalue weighted by atomic mass is 9.97. The molecule has 0 aromatic carbocycles. The van der Waals surface area contributed by atoms with Crippen LogP contribution in [0.2, 0.25) is 0 Å². The third kappa shape index (κ3) is 10.1. The molecule has 0 rings (SSSR count). The molecule has 138 valence electrons. The highest BCUT2D eigenvalue weighted by Gasteiger charge is 2.31. The van der Waals surface area contributed by atoms with Gasteiger partial charge in [0.25, 0.3) is 0 Å². The lowest BCUT2D eigenvalue weighted by molar-refractivity contribution is -0.153. The summed E-state index contributed by atoms with van der Waals surface area (Å²) in [4.78, 5) is 12.2. The van der Waals surface area contributed by atoms with Crippen molar-refractivity contribution in [2.45, 2.75) is 104 Å². The molecular formula is C19H39NO3. The van der Waals surface area contributed by atoms with Crippen molar-refractivity contribution in [3.8, 4) is 0 Å². The van der Waals surface area contributed by atoms with E-state index in [0.29, 0.717) is 19.6 Å². The average Bonchev–Trinajstić information content (AvgIpc) is 2.36. The number of rotatable bonds is 13. The molecule has 4 nitrogen and oxygen atoms in total. The third-order valence-corrected chi connectivity index (χ3v) is 4.10. The molecule has 2 N–H and O–H groups in total. The van der Waals surface area contributed by atoms with Gasteiger partial charge in [0.1, 0.15) is 5.60 Å². The maximum absolute atomic E-state index is 12.2.